The Kier molecular flexibility index (Phi) is 3.83. The van der Waals surface area contributed by atoms with E-state index in [0.717, 1.165) is 18.9 Å². The molecule has 20 heavy (non-hydrogen) atoms. The van der Waals surface area contributed by atoms with Crippen molar-refractivity contribution in [3.8, 4) is 5.75 Å². The number of phenols is 1. The first kappa shape index (κ1) is 13.8. The predicted molar refractivity (Wildman–Crippen MR) is 68.3 cm³/mol. The van der Waals surface area contributed by atoms with E-state index in [9.17, 15) is 24.8 Å². The standard InChI is InChI=1S/C12H13N3O5/c16-10(14-7-4-5-7)6-13-12(18)8-2-1-3-9(11(8)17)15(19)20/h1-3,7,17H,4-6H2,(H,13,18)(H,14,16). The average molecular weight is 279 g/mol. The number of nitro groups is 1. The molecule has 0 heterocycles. The Balaban J connectivity index is 1.99. The zero-order valence-corrected chi connectivity index (χ0v) is 10.5. The molecule has 1 aromatic carbocycles. The molecule has 0 aromatic heterocycles. The van der Waals surface area contributed by atoms with Gasteiger partial charge in [-0.05, 0) is 18.9 Å². The second kappa shape index (κ2) is 5.55. The number of carbonyl (C=O) groups is 2. The van der Waals surface area contributed by atoms with E-state index in [1.807, 2.05) is 0 Å². The summed E-state index contributed by atoms with van der Waals surface area (Å²) < 4.78 is 0. The van der Waals surface area contributed by atoms with Crippen molar-refractivity contribution in [3.05, 3.63) is 33.9 Å². The molecule has 8 heteroatoms. The Morgan fingerprint density at radius 2 is 2.10 bits per heavy atom. The Morgan fingerprint density at radius 3 is 2.70 bits per heavy atom. The molecule has 0 aliphatic heterocycles. The van der Waals surface area contributed by atoms with Crippen LogP contribution in [0.4, 0.5) is 5.69 Å². The highest BCUT2D eigenvalue weighted by atomic mass is 16.6. The number of phenolic OH excluding ortho intramolecular Hbond substituents is 1. The van der Waals surface area contributed by atoms with Gasteiger partial charge in [-0.15, -0.1) is 0 Å². The smallest absolute Gasteiger partial charge is 0.311 e. The summed E-state index contributed by atoms with van der Waals surface area (Å²) in [5.41, 5.74) is -0.793. The normalized spacial score (nSPS) is 13.6. The summed E-state index contributed by atoms with van der Waals surface area (Å²) in [7, 11) is 0. The maximum Gasteiger partial charge on any atom is 0.311 e. The first-order valence-corrected chi connectivity index (χ1v) is 6.03. The molecule has 1 aliphatic carbocycles. The Labute approximate surface area is 113 Å². The fraction of sp³-hybridized carbons (Fsp3) is 0.333. The highest BCUT2D eigenvalue weighted by molar-refractivity contribution is 5.99. The quantitative estimate of drug-likeness (QED) is 0.529. The molecule has 0 spiro atoms. The molecule has 1 aromatic rings. The Hall–Kier alpha value is -2.64. The predicted octanol–water partition coefficient (Wildman–Crippen LogP) is 0.309. The van der Waals surface area contributed by atoms with Gasteiger partial charge in [-0.25, -0.2) is 0 Å². The second-order valence-electron chi connectivity index (χ2n) is 4.45. The maximum absolute atomic E-state index is 11.8. The Morgan fingerprint density at radius 1 is 1.40 bits per heavy atom. The van der Waals surface area contributed by atoms with E-state index in [1.165, 1.54) is 12.1 Å². The number of amides is 2. The fourth-order valence-electron chi connectivity index (χ4n) is 1.62. The number of nitrogens with zero attached hydrogens (tertiary/aromatic N) is 1. The summed E-state index contributed by atoms with van der Waals surface area (Å²) in [6.07, 6.45) is 1.87. The van der Waals surface area contributed by atoms with Gasteiger partial charge in [0.25, 0.3) is 5.91 Å². The van der Waals surface area contributed by atoms with Crippen LogP contribution in [0.15, 0.2) is 18.2 Å². The molecular weight excluding hydrogens is 266 g/mol. The average Bonchev–Trinajstić information content (AvgIpc) is 3.19. The lowest BCUT2D eigenvalue weighted by Crippen LogP contribution is -2.37. The fourth-order valence-corrected chi connectivity index (χ4v) is 1.62. The number of nitro benzene ring substituents is 1. The lowest BCUT2D eigenvalue weighted by molar-refractivity contribution is -0.385. The van der Waals surface area contributed by atoms with Crippen molar-refractivity contribution < 1.29 is 19.6 Å². The highest BCUT2D eigenvalue weighted by Gasteiger charge is 2.24. The molecule has 106 valence electrons. The topological polar surface area (TPSA) is 122 Å². The summed E-state index contributed by atoms with van der Waals surface area (Å²) in [5, 5.41) is 25.3. The summed E-state index contributed by atoms with van der Waals surface area (Å²) in [4.78, 5) is 33.0. The molecule has 0 saturated heterocycles. The van der Waals surface area contributed by atoms with Crippen LogP contribution in [0.3, 0.4) is 0 Å². The number of benzene rings is 1. The molecule has 8 nitrogen and oxygen atoms in total. The van der Waals surface area contributed by atoms with Gasteiger partial charge in [0, 0.05) is 12.1 Å². The largest absolute Gasteiger partial charge is 0.502 e. The third-order valence-corrected chi connectivity index (χ3v) is 2.81. The van der Waals surface area contributed by atoms with E-state index in [1.54, 1.807) is 0 Å². The van der Waals surface area contributed by atoms with E-state index >= 15 is 0 Å². The van der Waals surface area contributed by atoms with Gasteiger partial charge < -0.3 is 15.7 Å². The highest BCUT2D eigenvalue weighted by Crippen LogP contribution is 2.28. The van der Waals surface area contributed by atoms with Crippen LogP contribution in [-0.2, 0) is 4.79 Å². The molecule has 0 radical (unpaired) electrons. The van der Waals surface area contributed by atoms with Crippen LogP contribution < -0.4 is 10.6 Å². The minimum Gasteiger partial charge on any atom is -0.502 e. The van der Waals surface area contributed by atoms with Crippen LogP contribution in [0, 0.1) is 10.1 Å². The molecule has 2 rings (SSSR count). The van der Waals surface area contributed by atoms with Crippen molar-refractivity contribution in [3.63, 3.8) is 0 Å². The molecule has 1 fully saturated rings. The van der Waals surface area contributed by atoms with Crippen molar-refractivity contribution >= 4 is 17.5 Å². The van der Waals surface area contributed by atoms with Crippen molar-refractivity contribution in [2.75, 3.05) is 6.54 Å². The zero-order valence-electron chi connectivity index (χ0n) is 10.5. The van der Waals surface area contributed by atoms with Crippen LogP contribution >= 0.6 is 0 Å². The minimum absolute atomic E-state index is 0.186. The number of carbonyl (C=O) groups excluding carboxylic acids is 2. The third-order valence-electron chi connectivity index (χ3n) is 2.81. The van der Waals surface area contributed by atoms with E-state index in [-0.39, 0.29) is 24.1 Å². The van der Waals surface area contributed by atoms with E-state index in [0.29, 0.717) is 0 Å². The first-order chi connectivity index (χ1) is 9.49. The van der Waals surface area contributed by atoms with Gasteiger partial charge in [0.2, 0.25) is 11.7 Å². The number of para-hydroxylation sites is 1. The molecule has 0 atom stereocenters. The van der Waals surface area contributed by atoms with Crippen LogP contribution in [0.1, 0.15) is 23.2 Å². The van der Waals surface area contributed by atoms with E-state index in [2.05, 4.69) is 10.6 Å². The summed E-state index contributed by atoms with van der Waals surface area (Å²) in [6.45, 7) is -0.239. The summed E-state index contributed by atoms with van der Waals surface area (Å²) in [6, 6.07) is 3.81. The van der Waals surface area contributed by atoms with E-state index < -0.39 is 22.3 Å². The minimum atomic E-state index is -0.786. The van der Waals surface area contributed by atoms with Crippen LogP contribution in [-0.4, -0.2) is 34.4 Å². The van der Waals surface area contributed by atoms with Gasteiger partial charge in [0.15, 0.2) is 0 Å². The van der Waals surface area contributed by atoms with E-state index in [4.69, 9.17) is 0 Å². The van der Waals surface area contributed by atoms with Crippen molar-refractivity contribution in [2.24, 2.45) is 0 Å². The molecule has 3 N–H and O–H groups in total. The van der Waals surface area contributed by atoms with Crippen molar-refractivity contribution in [2.45, 2.75) is 18.9 Å². The molecule has 0 unspecified atom stereocenters. The number of hydrogen-bond acceptors (Lipinski definition) is 5. The molecule has 1 saturated carbocycles. The number of aromatic hydroxyl groups is 1. The van der Waals surface area contributed by atoms with Crippen LogP contribution in [0.25, 0.3) is 0 Å². The number of hydrogen-bond donors (Lipinski definition) is 3. The molecule has 1 aliphatic rings. The summed E-state index contributed by atoms with van der Waals surface area (Å²) >= 11 is 0. The van der Waals surface area contributed by atoms with Gasteiger partial charge in [0.1, 0.15) is 0 Å². The molecule has 0 bridgehead atoms. The van der Waals surface area contributed by atoms with Crippen molar-refractivity contribution in [1.82, 2.24) is 10.6 Å². The van der Waals surface area contributed by atoms with Gasteiger partial charge >= 0.3 is 5.69 Å². The SMILES string of the molecule is O=C(CNC(=O)c1cccc([N+](=O)[O-])c1O)NC1CC1. The second-order valence-corrected chi connectivity index (χ2v) is 4.45. The third kappa shape index (κ3) is 3.22. The van der Waals surface area contributed by atoms with Gasteiger partial charge in [-0.2, -0.15) is 0 Å². The lowest BCUT2D eigenvalue weighted by atomic mass is 10.1. The summed E-state index contributed by atoms with van der Waals surface area (Å²) in [5.74, 6) is -1.78. The molecular formula is C12H13N3O5. The zero-order chi connectivity index (χ0) is 14.7. The number of nitrogens with one attached hydrogen (secondary N) is 2. The maximum atomic E-state index is 11.8. The Bertz CT molecular complexity index is 568. The first-order valence-electron chi connectivity index (χ1n) is 6.03. The van der Waals surface area contributed by atoms with Crippen LogP contribution in [0.5, 0.6) is 5.75 Å². The lowest BCUT2D eigenvalue weighted by Gasteiger charge is -2.07. The molecule has 2 amide bonds. The van der Waals surface area contributed by atoms with Gasteiger partial charge in [0.05, 0.1) is 17.0 Å². The monoisotopic (exact) mass is 279 g/mol. The van der Waals surface area contributed by atoms with Gasteiger partial charge in [-0.3, -0.25) is 19.7 Å². The van der Waals surface area contributed by atoms with Crippen LogP contribution in [0.2, 0.25) is 0 Å². The number of rotatable bonds is 5. The van der Waals surface area contributed by atoms with Gasteiger partial charge in [-0.1, -0.05) is 6.07 Å². The van der Waals surface area contributed by atoms with Crippen molar-refractivity contribution in [1.29, 1.82) is 0 Å².